The smallest absolute Gasteiger partial charge is 0.265 e. The largest absolute Gasteiger partial charge is 0.497 e. The van der Waals surface area contributed by atoms with Crippen LogP contribution in [0.4, 0.5) is 0 Å². The van der Waals surface area contributed by atoms with Gasteiger partial charge in [0.05, 0.1) is 7.11 Å². The van der Waals surface area contributed by atoms with Gasteiger partial charge in [0.2, 0.25) is 5.91 Å². The first kappa shape index (κ1) is 17.0. The number of carbonyl (C=O) groups is 2. The summed E-state index contributed by atoms with van der Waals surface area (Å²) in [5.74, 6) is -0.452. The summed E-state index contributed by atoms with van der Waals surface area (Å²) in [5.41, 5.74) is 6.94. The first-order valence-electron chi connectivity index (χ1n) is 7.28. The number of carbonyl (C=O) groups excluding carboxylic acids is 2. The molecule has 0 saturated carbocycles. The molecular weight excluding hydrogens is 304 g/mol. The molecule has 0 radical (unpaired) electrons. The molecule has 0 atom stereocenters. The monoisotopic (exact) mass is 322 g/mol. The summed E-state index contributed by atoms with van der Waals surface area (Å²) >= 11 is 0. The van der Waals surface area contributed by atoms with E-state index < -0.39 is 11.8 Å². The predicted molar refractivity (Wildman–Crippen MR) is 93.8 cm³/mol. The summed E-state index contributed by atoms with van der Waals surface area (Å²) in [6.45, 7) is 0. The van der Waals surface area contributed by atoms with Gasteiger partial charge in [0, 0.05) is 6.08 Å². The second kappa shape index (κ2) is 8.33. The zero-order chi connectivity index (χ0) is 17.4. The number of methoxy groups -OCH3 is 1. The van der Waals surface area contributed by atoms with Crippen LogP contribution in [0.3, 0.4) is 0 Å². The Hall–Kier alpha value is -3.34. The molecule has 5 heteroatoms. The summed E-state index contributed by atoms with van der Waals surface area (Å²) in [5, 5.41) is 2.49. The van der Waals surface area contributed by atoms with Crippen LogP contribution in [0, 0.1) is 0 Å². The van der Waals surface area contributed by atoms with E-state index in [1.807, 2.05) is 30.3 Å². The number of hydrogen-bond donors (Lipinski definition) is 2. The quantitative estimate of drug-likeness (QED) is 0.801. The average molecular weight is 322 g/mol. The number of hydrogen-bond acceptors (Lipinski definition) is 3. The van der Waals surface area contributed by atoms with Crippen molar-refractivity contribution < 1.29 is 14.3 Å². The average Bonchev–Trinajstić information content (AvgIpc) is 2.61. The molecule has 2 rings (SSSR count). The fraction of sp³-hybridized carbons (Fsp3) is 0.0526. The SMILES string of the molecule is COc1ccc(/C=C(\NC(=O)/C=C/c2ccccc2)C(N)=O)cc1. The molecule has 0 aliphatic rings. The van der Waals surface area contributed by atoms with Gasteiger partial charge in [-0.2, -0.15) is 0 Å². The zero-order valence-electron chi connectivity index (χ0n) is 13.2. The van der Waals surface area contributed by atoms with E-state index in [0.29, 0.717) is 5.75 Å². The highest BCUT2D eigenvalue weighted by Crippen LogP contribution is 2.13. The molecule has 0 heterocycles. The Morgan fingerprint density at radius 2 is 1.67 bits per heavy atom. The van der Waals surface area contributed by atoms with Gasteiger partial charge in [0.1, 0.15) is 11.4 Å². The molecule has 2 aromatic carbocycles. The lowest BCUT2D eigenvalue weighted by molar-refractivity contribution is -0.119. The van der Waals surface area contributed by atoms with Crippen molar-refractivity contribution in [2.45, 2.75) is 0 Å². The first-order valence-corrected chi connectivity index (χ1v) is 7.28. The van der Waals surface area contributed by atoms with Crippen LogP contribution in [-0.2, 0) is 9.59 Å². The van der Waals surface area contributed by atoms with Crippen molar-refractivity contribution in [2.24, 2.45) is 5.73 Å². The minimum atomic E-state index is -0.715. The van der Waals surface area contributed by atoms with Crippen molar-refractivity contribution >= 4 is 24.0 Å². The number of amides is 2. The Balaban J connectivity index is 2.10. The van der Waals surface area contributed by atoms with E-state index in [1.54, 1.807) is 37.5 Å². The van der Waals surface area contributed by atoms with Gasteiger partial charge in [-0.25, -0.2) is 0 Å². The molecular formula is C19H18N2O3. The summed E-state index contributed by atoms with van der Waals surface area (Å²) in [7, 11) is 1.57. The molecule has 0 spiro atoms. The van der Waals surface area contributed by atoms with Gasteiger partial charge in [-0.05, 0) is 35.4 Å². The molecule has 122 valence electrons. The van der Waals surface area contributed by atoms with Gasteiger partial charge >= 0.3 is 0 Å². The van der Waals surface area contributed by atoms with E-state index in [0.717, 1.165) is 11.1 Å². The third kappa shape index (κ3) is 5.14. The van der Waals surface area contributed by atoms with Gasteiger partial charge in [-0.3, -0.25) is 9.59 Å². The minimum Gasteiger partial charge on any atom is -0.497 e. The summed E-state index contributed by atoms with van der Waals surface area (Å²) in [6, 6.07) is 16.4. The van der Waals surface area contributed by atoms with Crippen LogP contribution >= 0.6 is 0 Å². The summed E-state index contributed by atoms with van der Waals surface area (Å²) in [4.78, 5) is 23.5. The van der Waals surface area contributed by atoms with Gasteiger partial charge in [0.15, 0.2) is 0 Å². The highest BCUT2D eigenvalue weighted by Gasteiger charge is 2.08. The normalized spacial score (nSPS) is 11.3. The molecule has 2 amide bonds. The molecule has 0 aliphatic carbocycles. The third-order valence-corrected chi connectivity index (χ3v) is 3.18. The highest BCUT2D eigenvalue weighted by atomic mass is 16.5. The summed E-state index contributed by atoms with van der Waals surface area (Å²) < 4.78 is 5.07. The van der Waals surface area contributed by atoms with Crippen molar-refractivity contribution in [3.05, 3.63) is 77.5 Å². The van der Waals surface area contributed by atoms with Crippen molar-refractivity contribution in [3.63, 3.8) is 0 Å². The lowest BCUT2D eigenvalue weighted by atomic mass is 10.1. The lowest BCUT2D eigenvalue weighted by Gasteiger charge is -2.05. The van der Waals surface area contributed by atoms with E-state index >= 15 is 0 Å². The minimum absolute atomic E-state index is 0.0166. The van der Waals surface area contributed by atoms with Crippen LogP contribution in [-0.4, -0.2) is 18.9 Å². The molecule has 0 aromatic heterocycles. The van der Waals surface area contributed by atoms with E-state index in [9.17, 15) is 9.59 Å². The molecule has 0 aliphatic heterocycles. The molecule has 0 bridgehead atoms. The van der Waals surface area contributed by atoms with Gasteiger partial charge in [-0.15, -0.1) is 0 Å². The van der Waals surface area contributed by atoms with Crippen molar-refractivity contribution in [3.8, 4) is 5.75 Å². The number of nitrogens with one attached hydrogen (secondary N) is 1. The van der Waals surface area contributed by atoms with Crippen LogP contribution in [0.15, 0.2) is 66.4 Å². The van der Waals surface area contributed by atoms with Crippen LogP contribution in [0.1, 0.15) is 11.1 Å². The van der Waals surface area contributed by atoms with Crippen molar-refractivity contribution in [1.82, 2.24) is 5.32 Å². The van der Waals surface area contributed by atoms with Crippen molar-refractivity contribution in [1.29, 1.82) is 0 Å². The highest BCUT2D eigenvalue weighted by molar-refractivity contribution is 6.03. The van der Waals surface area contributed by atoms with Crippen molar-refractivity contribution in [2.75, 3.05) is 7.11 Å². The number of rotatable bonds is 6. The van der Waals surface area contributed by atoms with Crippen LogP contribution in [0.2, 0.25) is 0 Å². The number of nitrogens with two attached hydrogens (primary N) is 1. The Kier molecular flexibility index (Phi) is 5.91. The molecule has 5 nitrogen and oxygen atoms in total. The Morgan fingerprint density at radius 1 is 1.00 bits per heavy atom. The third-order valence-electron chi connectivity index (χ3n) is 3.18. The topological polar surface area (TPSA) is 81.4 Å². The van der Waals surface area contributed by atoms with Crippen LogP contribution < -0.4 is 15.8 Å². The number of ether oxygens (including phenoxy) is 1. The Morgan fingerprint density at radius 3 is 2.25 bits per heavy atom. The first-order chi connectivity index (χ1) is 11.6. The van der Waals surface area contributed by atoms with Gasteiger partial charge in [0.25, 0.3) is 5.91 Å². The number of benzene rings is 2. The van der Waals surface area contributed by atoms with E-state index in [-0.39, 0.29) is 5.70 Å². The fourth-order valence-corrected chi connectivity index (χ4v) is 1.95. The Labute approximate surface area is 140 Å². The molecule has 0 unspecified atom stereocenters. The predicted octanol–water partition coefficient (Wildman–Crippen LogP) is 2.35. The van der Waals surface area contributed by atoms with E-state index in [4.69, 9.17) is 10.5 Å². The van der Waals surface area contributed by atoms with E-state index in [1.165, 1.54) is 12.2 Å². The molecule has 2 aromatic rings. The maximum atomic E-state index is 12.0. The van der Waals surface area contributed by atoms with Crippen LogP contribution in [0.25, 0.3) is 12.2 Å². The summed E-state index contributed by atoms with van der Waals surface area (Å²) in [6.07, 6.45) is 4.51. The maximum Gasteiger partial charge on any atom is 0.265 e. The fourth-order valence-electron chi connectivity index (χ4n) is 1.95. The molecule has 0 saturated heterocycles. The number of primary amides is 1. The lowest BCUT2D eigenvalue weighted by Crippen LogP contribution is -2.29. The standard InChI is InChI=1S/C19H18N2O3/c1-24-16-10-7-15(8-11-16)13-17(19(20)23)21-18(22)12-9-14-5-3-2-4-6-14/h2-13H,1H3,(H2,20,23)(H,21,22)/b12-9+,17-13-. The molecule has 0 fully saturated rings. The second-order valence-corrected chi connectivity index (χ2v) is 4.93. The molecule has 24 heavy (non-hydrogen) atoms. The second-order valence-electron chi connectivity index (χ2n) is 4.93. The zero-order valence-corrected chi connectivity index (χ0v) is 13.2. The maximum absolute atomic E-state index is 12.0. The van der Waals surface area contributed by atoms with Crippen LogP contribution in [0.5, 0.6) is 5.75 Å². The van der Waals surface area contributed by atoms with Gasteiger partial charge in [-0.1, -0.05) is 42.5 Å². The molecule has 3 N–H and O–H groups in total. The van der Waals surface area contributed by atoms with Gasteiger partial charge < -0.3 is 15.8 Å². The van der Waals surface area contributed by atoms with E-state index in [2.05, 4.69) is 5.32 Å². The Bertz CT molecular complexity index is 763.